The van der Waals surface area contributed by atoms with Crippen LogP contribution in [0, 0.1) is 5.92 Å². The van der Waals surface area contributed by atoms with Gasteiger partial charge in [0.1, 0.15) is 10.7 Å². The first kappa shape index (κ1) is 17.7. The van der Waals surface area contributed by atoms with E-state index in [0.717, 1.165) is 18.1 Å². The number of hydrogen-bond acceptors (Lipinski definition) is 6. The zero-order valence-corrected chi connectivity index (χ0v) is 14.1. The first-order valence-corrected chi connectivity index (χ1v) is 8.10. The molecule has 1 heterocycles. The van der Waals surface area contributed by atoms with Crippen LogP contribution in [-0.2, 0) is 4.74 Å². The second kappa shape index (κ2) is 8.84. The van der Waals surface area contributed by atoms with E-state index in [0.29, 0.717) is 36.4 Å². The molecule has 1 amide bonds. The first-order chi connectivity index (χ1) is 9.95. The largest absolute Gasteiger partial charge is 0.382 e. The Morgan fingerprint density at radius 2 is 2.24 bits per heavy atom. The quantitative estimate of drug-likeness (QED) is 0.681. The molecule has 0 spiro atoms. The van der Waals surface area contributed by atoms with Gasteiger partial charge in [-0.3, -0.25) is 4.79 Å². The second-order valence-corrected chi connectivity index (χ2v) is 6.33. The standard InChI is InChI=1S/C14H26N4O2S/c1-5-7-18(4)14-17-12(15)11(21-14)13(19)16-6-8-20-9-10(2)3/h10H,5-9,15H2,1-4H3,(H,16,19). The summed E-state index contributed by atoms with van der Waals surface area (Å²) in [4.78, 5) is 18.8. The van der Waals surface area contributed by atoms with E-state index in [2.05, 4.69) is 31.1 Å². The van der Waals surface area contributed by atoms with Gasteiger partial charge in [0.05, 0.1) is 6.61 Å². The lowest BCUT2D eigenvalue weighted by Gasteiger charge is -2.13. The van der Waals surface area contributed by atoms with E-state index in [1.807, 2.05) is 11.9 Å². The molecule has 7 heteroatoms. The predicted molar refractivity (Wildman–Crippen MR) is 88.1 cm³/mol. The summed E-state index contributed by atoms with van der Waals surface area (Å²) >= 11 is 1.32. The number of nitrogen functional groups attached to an aromatic ring is 1. The molecule has 21 heavy (non-hydrogen) atoms. The third kappa shape index (κ3) is 5.89. The number of anilines is 2. The third-order valence-corrected chi connectivity index (χ3v) is 3.90. The number of nitrogens with one attached hydrogen (secondary N) is 1. The van der Waals surface area contributed by atoms with Crippen LogP contribution in [0.5, 0.6) is 0 Å². The molecule has 0 aromatic carbocycles. The Kier molecular flexibility index (Phi) is 7.45. The molecule has 0 saturated heterocycles. The normalized spacial score (nSPS) is 10.9. The van der Waals surface area contributed by atoms with Gasteiger partial charge in [-0.05, 0) is 12.3 Å². The lowest BCUT2D eigenvalue weighted by atomic mass is 10.2. The van der Waals surface area contributed by atoms with E-state index >= 15 is 0 Å². The van der Waals surface area contributed by atoms with Gasteiger partial charge in [0.2, 0.25) is 0 Å². The van der Waals surface area contributed by atoms with Crippen LogP contribution in [0.15, 0.2) is 0 Å². The lowest BCUT2D eigenvalue weighted by Crippen LogP contribution is -2.27. The van der Waals surface area contributed by atoms with Crippen molar-refractivity contribution in [3.8, 4) is 0 Å². The number of carbonyl (C=O) groups excluding carboxylic acids is 1. The van der Waals surface area contributed by atoms with Crippen LogP contribution in [0.2, 0.25) is 0 Å². The fourth-order valence-electron chi connectivity index (χ4n) is 1.71. The average molecular weight is 314 g/mol. The maximum Gasteiger partial charge on any atom is 0.265 e. The van der Waals surface area contributed by atoms with Gasteiger partial charge in [0.25, 0.3) is 5.91 Å². The van der Waals surface area contributed by atoms with Crippen LogP contribution in [-0.4, -0.2) is 44.2 Å². The molecule has 0 fully saturated rings. The number of ether oxygens (including phenoxy) is 1. The molecule has 0 radical (unpaired) electrons. The first-order valence-electron chi connectivity index (χ1n) is 7.29. The molecule has 1 rings (SSSR count). The number of hydrogen-bond donors (Lipinski definition) is 2. The summed E-state index contributed by atoms with van der Waals surface area (Å²) in [5.74, 6) is 0.599. The summed E-state index contributed by atoms with van der Waals surface area (Å²) < 4.78 is 5.42. The summed E-state index contributed by atoms with van der Waals surface area (Å²) in [6, 6.07) is 0. The predicted octanol–water partition coefficient (Wildman–Crippen LogP) is 1.97. The van der Waals surface area contributed by atoms with E-state index in [4.69, 9.17) is 10.5 Å². The minimum absolute atomic E-state index is 0.186. The zero-order chi connectivity index (χ0) is 15.8. The van der Waals surface area contributed by atoms with Crippen LogP contribution in [0.1, 0.15) is 36.9 Å². The Morgan fingerprint density at radius 3 is 2.86 bits per heavy atom. The summed E-state index contributed by atoms with van der Waals surface area (Å²) in [5, 5.41) is 3.58. The van der Waals surface area contributed by atoms with Gasteiger partial charge in [-0.1, -0.05) is 32.1 Å². The number of rotatable bonds is 9. The van der Waals surface area contributed by atoms with Crippen LogP contribution in [0.4, 0.5) is 10.9 Å². The SMILES string of the molecule is CCCN(C)c1nc(N)c(C(=O)NCCOCC(C)C)s1. The van der Waals surface area contributed by atoms with Crippen molar-refractivity contribution in [2.45, 2.75) is 27.2 Å². The molecule has 0 saturated carbocycles. The fourth-order valence-corrected chi connectivity index (χ4v) is 2.60. The third-order valence-electron chi connectivity index (χ3n) is 2.72. The van der Waals surface area contributed by atoms with E-state index in [9.17, 15) is 4.79 Å². The number of carbonyl (C=O) groups is 1. The molecule has 1 aromatic rings. The van der Waals surface area contributed by atoms with Crippen LogP contribution < -0.4 is 16.0 Å². The Labute approximate surface area is 130 Å². The monoisotopic (exact) mass is 314 g/mol. The van der Waals surface area contributed by atoms with Gasteiger partial charge in [-0.15, -0.1) is 0 Å². The van der Waals surface area contributed by atoms with Crippen molar-refractivity contribution in [1.82, 2.24) is 10.3 Å². The molecule has 3 N–H and O–H groups in total. The molecule has 0 aliphatic rings. The van der Waals surface area contributed by atoms with Crippen molar-refractivity contribution in [3.05, 3.63) is 4.88 Å². The smallest absolute Gasteiger partial charge is 0.265 e. The molecule has 0 aliphatic carbocycles. The van der Waals surface area contributed by atoms with Gasteiger partial charge in [-0.2, -0.15) is 0 Å². The van der Waals surface area contributed by atoms with E-state index in [-0.39, 0.29) is 5.91 Å². The topological polar surface area (TPSA) is 80.5 Å². The fraction of sp³-hybridized carbons (Fsp3) is 0.714. The van der Waals surface area contributed by atoms with E-state index in [1.165, 1.54) is 11.3 Å². The summed E-state index contributed by atoms with van der Waals surface area (Å²) in [6.45, 7) is 8.84. The molecule has 0 atom stereocenters. The second-order valence-electron chi connectivity index (χ2n) is 5.36. The van der Waals surface area contributed by atoms with Gasteiger partial charge in [0.15, 0.2) is 5.13 Å². The highest BCUT2D eigenvalue weighted by molar-refractivity contribution is 7.18. The highest BCUT2D eigenvalue weighted by Gasteiger charge is 2.17. The highest BCUT2D eigenvalue weighted by Crippen LogP contribution is 2.27. The van der Waals surface area contributed by atoms with Crippen molar-refractivity contribution in [1.29, 1.82) is 0 Å². The highest BCUT2D eigenvalue weighted by atomic mass is 32.1. The molecular formula is C14H26N4O2S. The summed E-state index contributed by atoms with van der Waals surface area (Å²) in [6.07, 6.45) is 1.02. The van der Waals surface area contributed by atoms with Gasteiger partial charge in [0, 0.05) is 26.7 Å². The van der Waals surface area contributed by atoms with Crippen molar-refractivity contribution in [3.63, 3.8) is 0 Å². The molecule has 120 valence electrons. The number of nitrogens with zero attached hydrogens (tertiary/aromatic N) is 2. The number of amides is 1. The van der Waals surface area contributed by atoms with Crippen molar-refractivity contribution in [2.24, 2.45) is 5.92 Å². The van der Waals surface area contributed by atoms with Gasteiger partial charge >= 0.3 is 0 Å². The number of nitrogens with two attached hydrogens (primary N) is 1. The molecule has 0 aliphatic heterocycles. The van der Waals surface area contributed by atoms with E-state index in [1.54, 1.807) is 0 Å². The van der Waals surface area contributed by atoms with Crippen molar-refractivity contribution >= 4 is 28.2 Å². The zero-order valence-electron chi connectivity index (χ0n) is 13.3. The lowest BCUT2D eigenvalue weighted by molar-refractivity contribution is 0.0890. The Bertz CT molecular complexity index is 448. The Hall–Kier alpha value is -1.34. The van der Waals surface area contributed by atoms with Gasteiger partial charge in [-0.25, -0.2) is 4.98 Å². The minimum atomic E-state index is -0.186. The van der Waals surface area contributed by atoms with Crippen molar-refractivity contribution < 1.29 is 9.53 Å². The van der Waals surface area contributed by atoms with Crippen LogP contribution in [0.3, 0.4) is 0 Å². The molecular weight excluding hydrogens is 288 g/mol. The minimum Gasteiger partial charge on any atom is -0.382 e. The van der Waals surface area contributed by atoms with Gasteiger partial charge < -0.3 is 20.7 Å². The van der Waals surface area contributed by atoms with E-state index < -0.39 is 0 Å². The maximum atomic E-state index is 12.1. The molecule has 0 bridgehead atoms. The average Bonchev–Trinajstić information content (AvgIpc) is 2.80. The Morgan fingerprint density at radius 1 is 1.52 bits per heavy atom. The molecule has 6 nitrogen and oxygen atoms in total. The number of thiazole rings is 1. The maximum absolute atomic E-state index is 12.1. The molecule has 0 unspecified atom stereocenters. The molecule has 1 aromatic heterocycles. The van der Waals surface area contributed by atoms with Crippen molar-refractivity contribution in [2.75, 3.05) is 44.0 Å². The summed E-state index contributed by atoms with van der Waals surface area (Å²) in [7, 11) is 1.95. The number of aromatic nitrogens is 1. The van der Waals surface area contributed by atoms with Crippen LogP contribution in [0.25, 0.3) is 0 Å². The summed E-state index contributed by atoms with van der Waals surface area (Å²) in [5.41, 5.74) is 5.83. The Balaban J connectivity index is 2.47. The van der Waals surface area contributed by atoms with Crippen LogP contribution >= 0.6 is 11.3 Å².